The van der Waals surface area contributed by atoms with E-state index in [0.717, 1.165) is 19.3 Å². The molecule has 9 nitrogen and oxygen atoms in total. The van der Waals surface area contributed by atoms with Crippen LogP contribution in [0.2, 0.25) is 0 Å². The van der Waals surface area contributed by atoms with Gasteiger partial charge in [0.05, 0.1) is 42.8 Å². The molecule has 33 heavy (non-hydrogen) atoms. The number of carbonyl (C=O) groups is 1. The summed E-state index contributed by atoms with van der Waals surface area (Å²) >= 11 is 0. The van der Waals surface area contributed by atoms with Gasteiger partial charge in [-0.2, -0.15) is 5.10 Å². The first kappa shape index (κ1) is 21.2. The van der Waals surface area contributed by atoms with E-state index < -0.39 is 0 Å². The van der Waals surface area contributed by atoms with Crippen molar-refractivity contribution in [3.05, 3.63) is 47.0 Å². The van der Waals surface area contributed by atoms with Gasteiger partial charge < -0.3 is 20.3 Å². The molecule has 0 aliphatic carbocycles. The lowest BCUT2D eigenvalue weighted by Gasteiger charge is -2.38. The molecule has 0 unspecified atom stereocenters. The number of carbonyl (C=O) groups excluding carboxylic acids is 1. The summed E-state index contributed by atoms with van der Waals surface area (Å²) in [7, 11) is 5.06. The molecule has 2 aromatic heterocycles. The fraction of sp³-hybridized carbons (Fsp3) is 0.391. The van der Waals surface area contributed by atoms with Crippen LogP contribution in [0.15, 0.2) is 24.4 Å². The molecule has 2 aliphatic rings. The Kier molecular flexibility index (Phi) is 5.15. The Morgan fingerprint density at radius 1 is 1.24 bits per heavy atom. The first-order chi connectivity index (χ1) is 15.9. The standard InChI is InChI=1S/C23H26FN7O2/c1-29-12-17-19(23(33-3)30(2)28-17)16-11-26-20(25)21(27-16)31-9-5-4-6-18(31)15-10-13(24)7-8-14(15)22(29)32/h7-8,10-11,18H,4-6,9,12H2,1-3H3,(H2,25,26)/t18-/m1/s1. The number of ether oxygens (including phenoxy) is 1. The lowest BCUT2D eigenvalue weighted by atomic mass is 9.91. The zero-order valence-corrected chi connectivity index (χ0v) is 18.9. The van der Waals surface area contributed by atoms with Gasteiger partial charge in [0.15, 0.2) is 11.6 Å². The molecule has 1 fully saturated rings. The third-order valence-corrected chi connectivity index (χ3v) is 6.41. The largest absolute Gasteiger partial charge is 0.481 e. The van der Waals surface area contributed by atoms with E-state index in [9.17, 15) is 9.18 Å². The van der Waals surface area contributed by atoms with Crippen LogP contribution in [-0.2, 0) is 13.6 Å². The first-order valence-electron chi connectivity index (χ1n) is 10.9. The zero-order chi connectivity index (χ0) is 23.3. The van der Waals surface area contributed by atoms with Gasteiger partial charge in [0, 0.05) is 26.2 Å². The van der Waals surface area contributed by atoms with E-state index in [1.54, 1.807) is 43.1 Å². The Balaban J connectivity index is 1.80. The van der Waals surface area contributed by atoms with Gasteiger partial charge in [0.25, 0.3) is 5.91 Å². The van der Waals surface area contributed by atoms with Gasteiger partial charge in [-0.1, -0.05) is 0 Å². The summed E-state index contributed by atoms with van der Waals surface area (Å²) in [6.45, 7) is 0.891. The Morgan fingerprint density at radius 2 is 2.06 bits per heavy atom. The van der Waals surface area contributed by atoms with Crippen LogP contribution < -0.4 is 15.4 Å². The number of benzene rings is 1. The highest BCUT2D eigenvalue weighted by Crippen LogP contribution is 2.41. The summed E-state index contributed by atoms with van der Waals surface area (Å²) in [6.07, 6.45) is 4.23. The lowest BCUT2D eigenvalue weighted by Crippen LogP contribution is -2.37. The van der Waals surface area contributed by atoms with Gasteiger partial charge in [-0.3, -0.25) is 4.79 Å². The number of nitrogens with zero attached hydrogens (tertiary/aromatic N) is 6. The van der Waals surface area contributed by atoms with Crippen LogP contribution in [0, 0.1) is 5.82 Å². The number of rotatable bonds is 1. The Bertz CT molecular complexity index is 1240. The Morgan fingerprint density at radius 3 is 2.85 bits per heavy atom. The quantitative estimate of drug-likeness (QED) is 0.607. The van der Waals surface area contributed by atoms with Crippen molar-refractivity contribution in [2.45, 2.75) is 31.8 Å². The molecule has 172 valence electrons. The molecule has 2 N–H and O–H groups in total. The third kappa shape index (κ3) is 3.46. The number of aromatic nitrogens is 4. The number of nitrogen functional groups attached to an aromatic ring is 1. The molecule has 0 radical (unpaired) electrons. The zero-order valence-electron chi connectivity index (χ0n) is 18.9. The highest BCUT2D eigenvalue weighted by atomic mass is 19.1. The Labute approximate surface area is 191 Å². The smallest absolute Gasteiger partial charge is 0.254 e. The number of hydrogen-bond donors (Lipinski definition) is 1. The summed E-state index contributed by atoms with van der Waals surface area (Å²) in [4.78, 5) is 26.5. The lowest BCUT2D eigenvalue weighted by molar-refractivity contribution is 0.0781. The predicted molar refractivity (Wildman–Crippen MR) is 121 cm³/mol. The molecule has 1 amide bonds. The number of hydrogen-bond acceptors (Lipinski definition) is 7. The molecule has 4 heterocycles. The number of amides is 1. The minimum absolute atomic E-state index is 0.200. The second-order valence-electron chi connectivity index (χ2n) is 8.52. The van der Waals surface area contributed by atoms with E-state index in [4.69, 9.17) is 15.5 Å². The summed E-state index contributed by atoms with van der Waals surface area (Å²) < 4.78 is 21.6. The minimum atomic E-state index is -0.383. The van der Waals surface area contributed by atoms with Crippen LogP contribution in [-0.4, -0.2) is 51.3 Å². The maximum Gasteiger partial charge on any atom is 0.254 e. The van der Waals surface area contributed by atoms with Crippen LogP contribution in [0.5, 0.6) is 5.88 Å². The van der Waals surface area contributed by atoms with Crippen molar-refractivity contribution in [2.75, 3.05) is 31.3 Å². The van der Waals surface area contributed by atoms with Gasteiger partial charge in [0.1, 0.15) is 5.82 Å². The van der Waals surface area contributed by atoms with Crippen molar-refractivity contribution in [1.29, 1.82) is 0 Å². The number of nitrogens with two attached hydrogens (primary N) is 1. The summed E-state index contributed by atoms with van der Waals surface area (Å²) in [5.41, 5.74) is 9.25. The Hall–Kier alpha value is -3.69. The minimum Gasteiger partial charge on any atom is -0.481 e. The van der Waals surface area contributed by atoms with Gasteiger partial charge in [-0.15, -0.1) is 0 Å². The predicted octanol–water partition coefficient (Wildman–Crippen LogP) is 2.92. The van der Waals surface area contributed by atoms with E-state index in [1.165, 1.54) is 12.1 Å². The number of piperidine rings is 1. The molecule has 1 saturated heterocycles. The molecule has 5 rings (SSSR count). The maximum absolute atomic E-state index is 14.4. The number of halogens is 1. The van der Waals surface area contributed by atoms with E-state index >= 15 is 0 Å². The highest BCUT2D eigenvalue weighted by molar-refractivity contribution is 5.96. The van der Waals surface area contributed by atoms with Crippen LogP contribution in [0.1, 0.15) is 46.9 Å². The van der Waals surface area contributed by atoms with Crippen molar-refractivity contribution >= 4 is 17.5 Å². The molecule has 2 aliphatic heterocycles. The molecule has 3 aromatic rings. The van der Waals surface area contributed by atoms with Gasteiger partial charge in [0.2, 0.25) is 5.88 Å². The normalized spacial score (nSPS) is 18.1. The summed E-state index contributed by atoms with van der Waals surface area (Å²) in [5, 5.41) is 4.59. The number of fused-ring (bicyclic) bond motifs is 8. The fourth-order valence-corrected chi connectivity index (χ4v) is 4.90. The summed E-state index contributed by atoms with van der Waals surface area (Å²) in [5.74, 6) is 0.741. The molecule has 0 saturated carbocycles. The van der Waals surface area contributed by atoms with E-state index in [0.29, 0.717) is 46.3 Å². The van der Waals surface area contributed by atoms with Crippen molar-refractivity contribution in [3.63, 3.8) is 0 Å². The SMILES string of the molecule is COc1c2c(nn1C)CN(C)C(=O)c1ccc(F)cc1[C@H]1CCCCN1c1nc-2cnc1N. The van der Waals surface area contributed by atoms with E-state index in [2.05, 4.69) is 10.1 Å². The number of aryl methyl sites for hydroxylation is 1. The molecular formula is C23H26FN7O2. The third-order valence-electron chi connectivity index (χ3n) is 6.41. The second-order valence-corrected chi connectivity index (χ2v) is 8.52. The van der Waals surface area contributed by atoms with Crippen LogP contribution in [0.4, 0.5) is 16.0 Å². The average Bonchev–Trinajstić information content (AvgIpc) is 3.12. The molecule has 1 aromatic carbocycles. The van der Waals surface area contributed by atoms with E-state index in [1.807, 2.05) is 4.90 Å². The number of methoxy groups -OCH3 is 1. The average molecular weight is 452 g/mol. The topological polar surface area (TPSA) is 102 Å². The number of anilines is 2. The monoisotopic (exact) mass is 451 g/mol. The van der Waals surface area contributed by atoms with Crippen LogP contribution in [0.25, 0.3) is 11.3 Å². The fourth-order valence-electron chi connectivity index (χ4n) is 4.90. The molecule has 10 heteroatoms. The summed E-state index contributed by atoms with van der Waals surface area (Å²) in [6, 6.07) is 4.10. The van der Waals surface area contributed by atoms with Crippen molar-refractivity contribution in [1.82, 2.24) is 24.6 Å². The van der Waals surface area contributed by atoms with Gasteiger partial charge >= 0.3 is 0 Å². The second kappa shape index (κ2) is 8.02. The van der Waals surface area contributed by atoms with Crippen molar-refractivity contribution in [2.24, 2.45) is 7.05 Å². The van der Waals surface area contributed by atoms with E-state index in [-0.39, 0.29) is 30.1 Å². The molecule has 1 atom stereocenters. The first-order valence-corrected chi connectivity index (χ1v) is 10.9. The molecule has 0 spiro atoms. The highest BCUT2D eigenvalue weighted by Gasteiger charge is 2.33. The van der Waals surface area contributed by atoms with Crippen molar-refractivity contribution < 1.29 is 13.9 Å². The molecule has 2 bridgehead atoms. The van der Waals surface area contributed by atoms with Gasteiger partial charge in [-0.25, -0.2) is 19.0 Å². The molecular weight excluding hydrogens is 425 g/mol. The van der Waals surface area contributed by atoms with Crippen LogP contribution >= 0.6 is 0 Å². The van der Waals surface area contributed by atoms with Crippen molar-refractivity contribution in [3.8, 4) is 17.1 Å². The maximum atomic E-state index is 14.4. The van der Waals surface area contributed by atoms with Crippen LogP contribution in [0.3, 0.4) is 0 Å². The van der Waals surface area contributed by atoms with Gasteiger partial charge in [-0.05, 0) is 43.0 Å².